The number of pyridine rings is 1. The molecule has 0 radical (unpaired) electrons. The summed E-state index contributed by atoms with van der Waals surface area (Å²) in [4.78, 5) is 18.4. The van der Waals surface area contributed by atoms with Crippen LogP contribution in [-0.2, 0) is 4.79 Å². The van der Waals surface area contributed by atoms with Gasteiger partial charge in [-0.3, -0.25) is 4.79 Å². The Morgan fingerprint density at radius 1 is 1.47 bits per heavy atom. The van der Waals surface area contributed by atoms with Gasteiger partial charge in [-0.15, -0.1) is 0 Å². The van der Waals surface area contributed by atoms with Gasteiger partial charge in [0.2, 0.25) is 11.8 Å². The first kappa shape index (κ1) is 13.8. The van der Waals surface area contributed by atoms with Gasteiger partial charge >= 0.3 is 0 Å². The van der Waals surface area contributed by atoms with Crippen LogP contribution in [0.3, 0.4) is 0 Å². The van der Waals surface area contributed by atoms with Crippen molar-refractivity contribution in [3.05, 3.63) is 18.3 Å². The maximum atomic E-state index is 12.4. The van der Waals surface area contributed by atoms with Crippen molar-refractivity contribution in [3.8, 4) is 5.88 Å². The highest BCUT2D eigenvalue weighted by Crippen LogP contribution is 2.29. The second-order valence-electron chi connectivity index (χ2n) is 5.66. The molecular weight excluding hydrogens is 240 g/mol. The van der Waals surface area contributed by atoms with Crippen molar-refractivity contribution in [3.63, 3.8) is 0 Å². The first-order valence-electron chi connectivity index (χ1n) is 6.96. The van der Waals surface area contributed by atoms with Gasteiger partial charge in [-0.05, 0) is 30.4 Å². The number of hydrogen-bond donors (Lipinski definition) is 0. The molecular formula is C15H22N2O2. The van der Waals surface area contributed by atoms with Crippen LogP contribution in [0.5, 0.6) is 5.88 Å². The first-order chi connectivity index (χ1) is 9.08. The minimum atomic E-state index is 0.172. The van der Waals surface area contributed by atoms with Crippen LogP contribution >= 0.6 is 0 Å². The third-order valence-electron chi connectivity index (χ3n) is 3.29. The summed E-state index contributed by atoms with van der Waals surface area (Å²) in [5.74, 6) is 1.78. The fourth-order valence-electron chi connectivity index (χ4n) is 2.61. The van der Waals surface area contributed by atoms with Crippen LogP contribution in [0.4, 0.5) is 5.69 Å². The Morgan fingerprint density at radius 2 is 2.26 bits per heavy atom. The monoisotopic (exact) mass is 262 g/mol. The van der Waals surface area contributed by atoms with Crippen LogP contribution in [0.1, 0.15) is 33.6 Å². The molecule has 4 heteroatoms. The topological polar surface area (TPSA) is 42.4 Å². The Morgan fingerprint density at radius 3 is 3.00 bits per heavy atom. The molecule has 1 aliphatic rings. The van der Waals surface area contributed by atoms with Crippen LogP contribution in [0.2, 0.25) is 0 Å². The summed E-state index contributed by atoms with van der Waals surface area (Å²) < 4.78 is 5.47. The van der Waals surface area contributed by atoms with Crippen molar-refractivity contribution in [2.45, 2.75) is 33.6 Å². The molecule has 4 nitrogen and oxygen atoms in total. The molecule has 0 N–H and O–H groups in total. The Bertz CT molecular complexity index is 446. The number of carbonyl (C=O) groups excluding carboxylic acids is 1. The third-order valence-corrected chi connectivity index (χ3v) is 3.29. The van der Waals surface area contributed by atoms with Gasteiger partial charge in [0.05, 0.1) is 6.54 Å². The Labute approximate surface area is 114 Å². The van der Waals surface area contributed by atoms with Crippen molar-refractivity contribution in [1.82, 2.24) is 4.98 Å². The molecule has 0 aromatic carbocycles. The van der Waals surface area contributed by atoms with E-state index in [1.54, 1.807) is 6.20 Å². The van der Waals surface area contributed by atoms with Gasteiger partial charge in [-0.25, -0.2) is 4.98 Å². The molecule has 0 aliphatic carbocycles. The summed E-state index contributed by atoms with van der Waals surface area (Å²) in [5.41, 5.74) is 0.801. The number of aromatic nitrogens is 1. The number of carbonyl (C=O) groups is 1. The van der Waals surface area contributed by atoms with Gasteiger partial charge in [0, 0.05) is 12.6 Å². The second-order valence-corrected chi connectivity index (χ2v) is 5.66. The lowest BCUT2D eigenvalue weighted by Gasteiger charge is -2.29. The predicted octanol–water partition coefficient (Wildman–Crippen LogP) is 2.88. The summed E-state index contributed by atoms with van der Waals surface area (Å²) in [6, 6.07) is 3.73. The van der Waals surface area contributed by atoms with E-state index in [0.717, 1.165) is 12.1 Å². The standard InChI is InChI=1S/C15H22N2O2/c1-11(2)9-12(3)10-14(18)17-7-8-19-15-13(17)5-4-6-16-15/h4-6,11-12H,7-10H2,1-3H3. The molecule has 0 fully saturated rings. The van der Waals surface area contributed by atoms with Gasteiger partial charge in [0.15, 0.2) is 0 Å². The molecule has 1 aromatic rings. The predicted molar refractivity (Wildman–Crippen MR) is 75.3 cm³/mol. The van der Waals surface area contributed by atoms with E-state index in [1.807, 2.05) is 17.0 Å². The van der Waals surface area contributed by atoms with Crippen molar-refractivity contribution in [2.24, 2.45) is 11.8 Å². The maximum Gasteiger partial charge on any atom is 0.238 e. The van der Waals surface area contributed by atoms with Gasteiger partial charge in [-0.2, -0.15) is 0 Å². The van der Waals surface area contributed by atoms with E-state index in [4.69, 9.17) is 4.74 Å². The van der Waals surface area contributed by atoms with Crippen LogP contribution in [-0.4, -0.2) is 24.0 Å². The molecule has 1 unspecified atom stereocenters. The van der Waals surface area contributed by atoms with Crippen LogP contribution in [0.25, 0.3) is 0 Å². The largest absolute Gasteiger partial charge is 0.474 e. The molecule has 19 heavy (non-hydrogen) atoms. The highest BCUT2D eigenvalue weighted by molar-refractivity contribution is 5.95. The fraction of sp³-hybridized carbons (Fsp3) is 0.600. The van der Waals surface area contributed by atoms with E-state index in [-0.39, 0.29) is 5.91 Å². The van der Waals surface area contributed by atoms with Gasteiger partial charge in [0.25, 0.3) is 0 Å². The second kappa shape index (κ2) is 6.04. The zero-order chi connectivity index (χ0) is 13.8. The molecule has 2 rings (SSSR count). The van der Waals surface area contributed by atoms with Gasteiger partial charge < -0.3 is 9.64 Å². The van der Waals surface area contributed by atoms with E-state index < -0.39 is 0 Å². The number of nitrogens with zero attached hydrogens (tertiary/aromatic N) is 2. The number of fused-ring (bicyclic) bond motifs is 1. The summed E-state index contributed by atoms with van der Waals surface area (Å²) in [6.07, 6.45) is 3.36. The highest BCUT2D eigenvalue weighted by Gasteiger charge is 2.25. The number of hydrogen-bond acceptors (Lipinski definition) is 3. The number of amides is 1. The Hall–Kier alpha value is -1.58. The van der Waals surface area contributed by atoms with E-state index >= 15 is 0 Å². The Balaban J connectivity index is 2.04. The molecule has 1 amide bonds. The van der Waals surface area contributed by atoms with Crippen molar-refractivity contribution in [1.29, 1.82) is 0 Å². The molecule has 1 aromatic heterocycles. The number of ether oxygens (including phenoxy) is 1. The van der Waals surface area contributed by atoms with Crippen molar-refractivity contribution < 1.29 is 9.53 Å². The lowest BCUT2D eigenvalue weighted by atomic mass is 9.95. The summed E-state index contributed by atoms with van der Waals surface area (Å²) in [6.45, 7) is 7.66. The van der Waals surface area contributed by atoms with Crippen molar-refractivity contribution >= 4 is 11.6 Å². The molecule has 0 bridgehead atoms. The summed E-state index contributed by atoms with van der Waals surface area (Å²) in [5, 5.41) is 0. The van der Waals surface area contributed by atoms with Crippen LogP contribution in [0.15, 0.2) is 18.3 Å². The molecule has 2 heterocycles. The van der Waals surface area contributed by atoms with E-state index in [0.29, 0.717) is 37.3 Å². The molecule has 0 saturated heterocycles. The van der Waals surface area contributed by atoms with E-state index in [9.17, 15) is 4.79 Å². The summed E-state index contributed by atoms with van der Waals surface area (Å²) in [7, 11) is 0. The highest BCUT2D eigenvalue weighted by atomic mass is 16.5. The quantitative estimate of drug-likeness (QED) is 0.838. The van der Waals surface area contributed by atoms with Gasteiger partial charge in [0.1, 0.15) is 12.3 Å². The summed E-state index contributed by atoms with van der Waals surface area (Å²) >= 11 is 0. The molecule has 0 saturated carbocycles. The average Bonchev–Trinajstić information content (AvgIpc) is 2.36. The zero-order valence-electron chi connectivity index (χ0n) is 11.9. The SMILES string of the molecule is CC(C)CC(C)CC(=O)N1CCOc2ncccc21. The molecule has 0 spiro atoms. The maximum absolute atomic E-state index is 12.4. The van der Waals surface area contributed by atoms with Crippen LogP contribution < -0.4 is 9.64 Å². The minimum Gasteiger partial charge on any atom is -0.474 e. The normalized spacial score (nSPS) is 15.9. The minimum absolute atomic E-state index is 0.172. The smallest absolute Gasteiger partial charge is 0.238 e. The van der Waals surface area contributed by atoms with Gasteiger partial charge in [-0.1, -0.05) is 20.8 Å². The zero-order valence-corrected chi connectivity index (χ0v) is 11.9. The number of rotatable bonds is 4. The molecule has 104 valence electrons. The van der Waals surface area contributed by atoms with E-state index in [2.05, 4.69) is 25.8 Å². The molecule has 1 atom stereocenters. The molecule has 1 aliphatic heterocycles. The fourth-order valence-corrected chi connectivity index (χ4v) is 2.61. The lowest BCUT2D eigenvalue weighted by molar-refractivity contribution is -0.119. The Kier molecular flexibility index (Phi) is 4.40. The van der Waals surface area contributed by atoms with Crippen LogP contribution in [0, 0.1) is 11.8 Å². The third kappa shape index (κ3) is 3.46. The average molecular weight is 262 g/mol. The lowest BCUT2D eigenvalue weighted by Crippen LogP contribution is -2.38. The van der Waals surface area contributed by atoms with Crippen molar-refractivity contribution in [2.75, 3.05) is 18.1 Å². The van der Waals surface area contributed by atoms with E-state index in [1.165, 1.54) is 0 Å². The number of anilines is 1. The first-order valence-corrected chi connectivity index (χ1v) is 6.96.